The molecular formula is C8H15N. The molecule has 0 aromatic heterocycles. The summed E-state index contributed by atoms with van der Waals surface area (Å²) >= 11 is 0. The SMILES string of the molecule is CN1CC2CC[C@H](C2)C1. The molecule has 1 heterocycles. The Morgan fingerprint density at radius 2 is 1.67 bits per heavy atom. The summed E-state index contributed by atoms with van der Waals surface area (Å²) in [6.45, 7) is 2.74. The second-order valence-electron chi connectivity index (χ2n) is 3.77. The number of rotatable bonds is 0. The zero-order valence-corrected chi connectivity index (χ0v) is 6.14. The minimum absolute atomic E-state index is 1.06. The molecule has 0 N–H and O–H groups in total. The third-order valence-corrected chi connectivity index (χ3v) is 2.79. The van der Waals surface area contributed by atoms with E-state index >= 15 is 0 Å². The summed E-state index contributed by atoms with van der Waals surface area (Å²) in [5, 5.41) is 0. The lowest BCUT2D eigenvalue weighted by atomic mass is 10.00. The van der Waals surface area contributed by atoms with E-state index in [4.69, 9.17) is 0 Å². The fourth-order valence-electron chi connectivity index (χ4n) is 2.47. The lowest BCUT2D eigenvalue weighted by Gasteiger charge is -2.27. The Morgan fingerprint density at radius 3 is 2.22 bits per heavy atom. The first-order chi connectivity index (χ1) is 4.34. The van der Waals surface area contributed by atoms with Crippen LogP contribution in [-0.2, 0) is 0 Å². The van der Waals surface area contributed by atoms with Crippen molar-refractivity contribution in [3.05, 3.63) is 0 Å². The average Bonchev–Trinajstić information content (AvgIpc) is 2.11. The monoisotopic (exact) mass is 125 g/mol. The minimum atomic E-state index is 1.06. The van der Waals surface area contributed by atoms with Crippen molar-refractivity contribution in [2.24, 2.45) is 11.8 Å². The highest BCUT2D eigenvalue weighted by Crippen LogP contribution is 2.35. The van der Waals surface area contributed by atoms with E-state index in [0.29, 0.717) is 0 Å². The average molecular weight is 125 g/mol. The van der Waals surface area contributed by atoms with Crippen LogP contribution in [0.1, 0.15) is 19.3 Å². The Morgan fingerprint density at radius 1 is 1.11 bits per heavy atom. The molecule has 1 saturated carbocycles. The van der Waals surface area contributed by atoms with Gasteiger partial charge in [0, 0.05) is 13.1 Å². The molecule has 1 unspecified atom stereocenters. The maximum Gasteiger partial charge on any atom is 0.000683 e. The number of likely N-dealkylation sites (tertiary alicyclic amines) is 1. The number of nitrogens with zero attached hydrogens (tertiary/aromatic N) is 1. The molecule has 1 heteroatoms. The van der Waals surface area contributed by atoms with Crippen LogP contribution < -0.4 is 0 Å². The topological polar surface area (TPSA) is 3.24 Å². The van der Waals surface area contributed by atoms with Gasteiger partial charge in [-0.15, -0.1) is 0 Å². The maximum absolute atomic E-state index is 2.49. The van der Waals surface area contributed by atoms with E-state index in [2.05, 4.69) is 11.9 Å². The first kappa shape index (κ1) is 5.72. The molecular weight excluding hydrogens is 110 g/mol. The zero-order chi connectivity index (χ0) is 6.27. The summed E-state index contributed by atoms with van der Waals surface area (Å²) in [6, 6.07) is 0. The lowest BCUT2D eigenvalue weighted by Crippen LogP contribution is -2.32. The highest BCUT2D eigenvalue weighted by Gasteiger charge is 2.30. The fourth-order valence-corrected chi connectivity index (χ4v) is 2.47. The van der Waals surface area contributed by atoms with Crippen molar-refractivity contribution in [1.82, 2.24) is 4.90 Å². The number of fused-ring (bicyclic) bond motifs is 2. The van der Waals surface area contributed by atoms with E-state index in [9.17, 15) is 0 Å². The van der Waals surface area contributed by atoms with Gasteiger partial charge in [0.15, 0.2) is 0 Å². The summed E-state index contributed by atoms with van der Waals surface area (Å²) in [4.78, 5) is 2.49. The smallest absolute Gasteiger partial charge is 0.000683 e. The van der Waals surface area contributed by atoms with E-state index in [-0.39, 0.29) is 0 Å². The van der Waals surface area contributed by atoms with Crippen molar-refractivity contribution in [2.45, 2.75) is 19.3 Å². The molecule has 1 nitrogen and oxygen atoms in total. The molecule has 1 saturated heterocycles. The maximum atomic E-state index is 2.49. The van der Waals surface area contributed by atoms with E-state index in [1.165, 1.54) is 32.4 Å². The third kappa shape index (κ3) is 0.983. The normalized spacial score (nSPS) is 43.7. The van der Waals surface area contributed by atoms with Crippen molar-refractivity contribution >= 4 is 0 Å². The second kappa shape index (κ2) is 1.98. The molecule has 0 amide bonds. The Kier molecular flexibility index (Phi) is 1.26. The molecule has 1 aliphatic heterocycles. The Hall–Kier alpha value is -0.0400. The van der Waals surface area contributed by atoms with Gasteiger partial charge in [0.2, 0.25) is 0 Å². The first-order valence-electron chi connectivity index (χ1n) is 4.03. The van der Waals surface area contributed by atoms with Crippen molar-refractivity contribution in [1.29, 1.82) is 0 Å². The standard InChI is InChI=1S/C8H15N/c1-9-5-7-2-3-8(4-7)6-9/h7-8H,2-6H2,1H3/t7-,8?/m1/s1. The molecule has 2 atom stereocenters. The largest absolute Gasteiger partial charge is 0.306 e. The van der Waals surface area contributed by atoms with Crippen LogP contribution in [0, 0.1) is 11.8 Å². The van der Waals surface area contributed by atoms with Crippen LogP contribution in [0.25, 0.3) is 0 Å². The van der Waals surface area contributed by atoms with Crippen LogP contribution in [0.2, 0.25) is 0 Å². The van der Waals surface area contributed by atoms with E-state index in [1.54, 1.807) is 0 Å². The van der Waals surface area contributed by atoms with Gasteiger partial charge < -0.3 is 4.90 Å². The first-order valence-corrected chi connectivity index (χ1v) is 4.03. The van der Waals surface area contributed by atoms with Crippen LogP contribution in [0.15, 0.2) is 0 Å². The second-order valence-corrected chi connectivity index (χ2v) is 3.77. The fraction of sp³-hybridized carbons (Fsp3) is 1.00. The molecule has 0 radical (unpaired) electrons. The molecule has 52 valence electrons. The van der Waals surface area contributed by atoms with E-state index in [0.717, 1.165) is 11.8 Å². The Labute approximate surface area is 57.0 Å². The van der Waals surface area contributed by atoms with Crippen molar-refractivity contribution < 1.29 is 0 Å². The molecule has 0 spiro atoms. The van der Waals surface area contributed by atoms with Crippen LogP contribution in [0.4, 0.5) is 0 Å². The number of piperidine rings is 1. The number of hydrogen-bond acceptors (Lipinski definition) is 1. The van der Waals surface area contributed by atoms with Crippen molar-refractivity contribution in [3.8, 4) is 0 Å². The van der Waals surface area contributed by atoms with Crippen LogP contribution in [0.5, 0.6) is 0 Å². The highest BCUT2D eigenvalue weighted by molar-refractivity contribution is 4.83. The quantitative estimate of drug-likeness (QED) is 0.472. The van der Waals surface area contributed by atoms with Crippen LogP contribution in [-0.4, -0.2) is 25.0 Å². The van der Waals surface area contributed by atoms with Crippen molar-refractivity contribution in [3.63, 3.8) is 0 Å². The zero-order valence-electron chi connectivity index (χ0n) is 6.14. The summed E-state index contributed by atoms with van der Waals surface area (Å²) in [6.07, 6.45) is 4.55. The van der Waals surface area contributed by atoms with E-state index in [1.807, 2.05) is 0 Å². The van der Waals surface area contributed by atoms with Gasteiger partial charge in [-0.05, 0) is 38.1 Å². The summed E-state index contributed by atoms with van der Waals surface area (Å²) in [5.41, 5.74) is 0. The predicted octanol–water partition coefficient (Wildman–Crippen LogP) is 1.35. The van der Waals surface area contributed by atoms with Gasteiger partial charge in [0.05, 0.1) is 0 Å². The van der Waals surface area contributed by atoms with Gasteiger partial charge in [-0.3, -0.25) is 0 Å². The molecule has 2 rings (SSSR count). The van der Waals surface area contributed by atoms with Gasteiger partial charge in [-0.1, -0.05) is 0 Å². The van der Waals surface area contributed by atoms with Gasteiger partial charge in [-0.25, -0.2) is 0 Å². The minimum Gasteiger partial charge on any atom is -0.306 e. The van der Waals surface area contributed by atoms with Crippen molar-refractivity contribution in [2.75, 3.05) is 20.1 Å². The molecule has 2 bridgehead atoms. The van der Waals surface area contributed by atoms with Gasteiger partial charge >= 0.3 is 0 Å². The van der Waals surface area contributed by atoms with Gasteiger partial charge in [-0.2, -0.15) is 0 Å². The molecule has 0 aromatic rings. The summed E-state index contributed by atoms with van der Waals surface area (Å²) < 4.78 is 0. The summed E-state index contributed by atoms with van der Waals surface area (Å²) in [7, 11) is 2.25. The lowest BCUT2D eigenvalue weighted by molar-refractivity contribution is 0.203. The molecule has 2 aliphatic rings. The Bertz CT molecular complexity index is 99.1. The third-order valence-electron chi connectivity index (χ3n) is 2.79. The summed E-state index contributed by atoms with van der Waals surface area (Å²) in [5.74, 6) is 2.13. The number of hydrogen-bond donors (Lipinski definition) is 0. The van der Waals surface area contributed by atoms with E-state index < -0.39 is 0 Å². The molecule has 9 heavy (non-hydrogen) atoms. The van der Waals surface area contributed by atoms with Crippen LogP contribution in [0.3, 0.4) is 0 Å². The molecule has 1 aliphatic carbocycles. The van der Waals surface area contributed by atoms with Crippen LogP contribution >= 0.6 is 0 Å². The highest BCUT2D eigenvalue weighted by atomic mass is 15.1. The molecule has 2 fully saturated rings. The molecule has 0 aromatic carbocycles. The van der Waals surface area contributed by atoms with Gasteiger partial charge in [0.25, 0.3) is 0 Å². The predicted molar refractivity (Wildman–Crippen MR) is 38.3 cm³/mol. The Balaban J connectivity index is 2.03. The van der Waals surface area contributed by atoms with Gasteiger partial charge in [0.1, 0.15) is 0 Å².